The molecule has 0 N–H and O–H groups in total. The zero-order valence-corrected chi connectivity index (χ0v) is 14.1. The van der Waals surface area contributed by atoms with Crippen LogP contribution in [0.4, 0.5) is 0 Å². The quantitative estimate of drug-likeness (QED) is 0.799. The van der Waals surface area contributed by atoms with Gasteiger partial charge in [-0.15, -0.1) is 11.3 Å². The van der Waals surface area contributed by atoms with Gasteiger partial charge in [-0.1, -0.05) is 37.1 Å². The average molecular weight is 328 g/mol. The maximum atomic E-state index is 12.6. The van der Waals surface area contributed by atoms with Gasteiger partial charge in [-0.2, -0.15) is 0 Å². The number of benzene rings is 1. The Kier molecular flexibility index (Phi) is 4.86. The summed E-state index contributed by atoms with van der Waals surface area (Å²) in [6, 6.07) is 7.42. The van der Waals surface area contributed by atoms with Crippen molar-refractivity contribution in [3.8, 4) is 10.6 Å². The smallest absolute Gasteiger partial charge is 0.273 e. The van der Waals surface area contributed by atoms with E-state index in [0.29, 0.717) is 11.3 Å². The first kappa shape index (κ1) is 15.9. The molecule has 0 bridgehead atoms. The molecule has 1 aromatic heterocycles. The molecule has 120 valence electrons. The fourth-order valence-electron chi connectivity index (χ4n) is 2.91. The van der Waals surface area contributed by atoms with Crippen molar-refractivity contribution in [2.45, 2.75) is 32.6 Å². The molecule has 0 saturated carbocycles. The van der Waals surface area contributed by atoms with Crippen molar-refractivity contribution in [1.82, 2.24) is 9.88 Å². The molecular formula is C18H20N2O2S. The van der Waals surface area contributed by atoms with Crippen LogP contribution in [0.3, 0.4) is 0 Å². The van der Waals surface area contributed by atoms with Crippen molar-refractivity contribution in [3.05, 3.63) is 40.9 Å². The van der Waals surface area contributed by atoms with E-state index in [1.807, 2.05) is 23.1 Å². The number of rotatable bonds is 3. The van der Waals surface area contributed by atoms with Gasteiger partial charge in [0.05, 0.1) is 0 Å². The van der Waals surface area contributed by atoms with Crippen molar-refractivity contribution in [2.24, 2.45) is 0 Å². The topological polar surface area (TPSA) is 50.3 Å². The molecule has 5 heteroatoms. The van der Waals surface area contributed by atoms with Crippen molar-refractivity contribution in [3.63, 3.8) is 0 Å². The summed E-state index contributed by atoms with van der Waals surface area (Å²) in [6.07, 6.45) is 4.52. The van der Waals surface area contributed by atoms with Crippen molar-refractivity contribution in [1.29, 1.82) is 0 Å². The lowest BCUT2D eigenvalue weighted by Gasteiger charge is -2.18. The van der Waals surface area contributed by atoms with Crippen molar-refractivity contribution < 1.29 is 9.59 Å². The molecule has 2 heterocycles. The molecule has 0 atom stereocenters. The number of amides is 1. The van der Waals surface area contributed by atoms with E-state index in [-0.39, 0.29) is 11.7 Å². The minimum atomic E-state index is 0.00899. The second-order valence-electron chi connectivity index (χ2n) is 5.85. The van der Waals surface area contributed by atoms with Gasteiger partial charge >= 0.3 is 0 Å². The second kappa shape index (κ2) is 7.04. The summed E-state index contributed by atoms with van der Waals surface area (Å²) in [6.45, 7) is 3.18. The summed E-state index contributed by atoms with van der Waals surface area (Å²) in [5, 5.41) is 2.54. The number of ketones is 1. The summed E-state index contributed by atoms with van der Waals surface area (Å²) < 4.78 is 0. The molecule has 1 aromatic carbocycles. The van der Waals surface area contributed by atoms with Crippen LogP contribution in [0.2, 0.25) is 0 Å². The Labute approximate surface area is 140 Å². The Hall–Kier alpha value is -2.01. The summed E-state index contributed by atoms with van der Waals surface area (Å²) in [5.74, 6) is 0.0194. The predicted molar refractivity (Wildman–Crippen MR) is 91.9 cm³/mol. The van der Waals surface area contributed by atoms with Crippen molar-refractivity contribution >= 4 is 23.0 Å². The number of hydrogen-bond donors (Lipinski definition) is 0. The SMILES string of the molecule is CC(=O)c1ccccc1-c1nc(C(=O)N2CCCCCC2)cs1. The Bertz CT molecular complexity index is 715. The van der Waals surface area contributed by atoms with E-state index < -0.39 is 0 Å². The largest absolute Gasteiger partial charge is 0.337 e. The van der Waals surface area contributed by atoms with Crippen LogP contribution in [-0.4, -0.2) is 34.7 Å². The number of carbonyl (C=O) groups is 2. The number of likely N-dealkylation sites (tertiary alicyclic amines) is 1. The highest BCUT2D eigenvalue weighted by molar-refractivity contribution is 7.13. The van der Waals surface area contributed by atoms with Gasteiger partial charge in [-0.25, -0.2) is 4.98 Å². The maximum Gasteiger partial charge on any atom is 0.273 e. The van der Waals surface area contributed by atoms with E-state index in [9.17, 15) is 9.59 Å². The molecule has 2 aromatic rings. The number of Topliss-reactive ketones (excluding diaryl/α,β-unsaturated/α-hetero) is 1. The molecule has 0 aliphatic carbocycles. The lowest BCUT2D eigenvalue weighted by atomic mass is 10.1. The van der Waals surface area contributed by atoms with Crippen LogP contribution in [0, 0.1) is 0 Å². The van der Waals surface area contributed by atoms with E-state index in [1.54, 1.807) is 18.4 Å². The fraction of sp³-hybridized carbons (Fsp3) is 0.389. The van der Waals surface area contributed by atoms with Crippen LogP contribution in [0.1, 0.15) is 53.5 Å². The molecule has 0 spiro atoms. The third-order valence-electron chi connectivity index (χ3n) is 4.15. The van der Waals surface area contributed by atoms with Crippen molar-refractivity contribution in [2.75, 3.05) is 13.1 Å². The first-order valence-electron chi connectivity index (χ1n) is 8.02. The van der Waals surface area contributed by atoms with E-state index in [0.717, 1.165) is 36.5 Å². The standard InChI is InChI=1S/C18H20N2O2S/c1-13(21)14-8-4-5-9-15(14)17-19-16(12-23-17)18(22)20-10-6-2-3-7-11-20/h4-5,8-9,12H,2-3,6-7,10-11H2,1H3. The van der Waals surface area contributed by atoms with Gasteiger partial charge in [0.15, 0.2) is 5.78 Å². The zero-order valence-electron chi connectivity index (χ0n) is 13.2. The fourth-order valence-corrected chi connectivity index (χ4v) is 3.74. The van der Waals surface area contributed by atoms with Gasteiger partial charge in [-0.05, 0) is 19.8 Å². The van der Waals surface area contributed by atoms with Crippen LogP contribution in [0.25, 0.3) is 10.6 Å². The van der Waals surface area contributed by atoms with E-state index in [2.05, 4.69) is 4.98 Å². The number of hydrogen-bond acceptors (Lipinski definition) is 4. The lowest BCUT2D eigenvalue weighted by molar-refractivity contribution is 0.0756. The Morgan fingerprint density at radius 1 is 1.09 bits per heavy atom. The number of nitrogens with zero attached hydrogens (tertiary/aromatic N) is 2. The Morgan fingerprint density at radius 3 is 2.48 bits per heavy atom. The zero-order chi connectivity index (χ0) is 16.2. The molecule has 0 unspecified atom stereocenters. The highest BCUT2D eigenvalue weighted by Crippen LogP contribution is 2.28. The predicted octanol–water partition coefficient (Wildman–Crippen LogP) is 4.03. The molecule has 4 nitrogen and oxygen atoms in total. The summed E-state index contributed by atoms with van der Waals surface area (Å²) >= 11 is 1.42. The number of carbonyl (C=O) groups excluding carboxylic acids is 2. The monoisotopic (exact) mass is 328 g/mol. The summed E-state index contributed by atoms with van der Waals surface area (Å²) in [4.78, 5) is 30.8. The van der Waals surface area contributed by atoms with Gasteiger partial charge in [0.25, 0.3) is 5.91 Å². The molecule has 1 amide bonds. The minimum absolute atomic E-state index is 0.00899. The van der Waals surface area contributed by atoms with Crippen LogP contribution in [0.5, 0.6) is 0 Å². The highest BCUT2D eigenvalue weighted by atomic mass is 32.1. The molecular weight excluding hydrogens is 308 g/mol. The summed E-state index contributed by atoms with van der Waals surface area (Å²) in [5.41, 5.74) is 1.95. The average Bonchev–Trinajstić information content (AvgIpc) is 2.89. The van der Waals surface area contributed by atoms with E-state index >= 15 is 0 Å². The Balaban J connectivity index is 1.86. The summed E-state index contributed by atoms with van der Waals surface area (Å²) in [7, 11) is 0. The molecule has 0 radical (unpaired) electrons. The molecule has 1 fully saturated rings. The van der Waals surface area contributed by atoms with Gasteiger partial charge in [-0.3, -0.25) is 9.59 Å². The molecule has 1 aliphatic heterocycles. The number of aromatic nitrogens is 1. The number of thiazole rings is 1. The third kappa shape index (κ3) is 3.50. The minimum Gasteiger partial charge on any atom is -0.337 e. The van der Waals surface area contributed by atoms with E-state index in [4.69, 9.17) is 0 Å². The van der Waals surface area contributed by atoms with Crippen LogP contribution < -0.4 is 0 Å². The normalized spacial score (nSPS) is 15.3. The lowest BCUT2D eigenvalue weighted by Crippen LogP contribution is -2.32. The van der Waals surface area contributed by atoms with Gasteiger partial charge in [0, 0.05) is 29.6 Å². The van der Waals surface area contributed by atoms with Crippen LogP contribution in [-0.2, 0) is 0 Å². The Morgan fingerprint density at radius 2 is 1.78 bits per heavy atom. The first-order chi connectivity index (χ1) is 11.2. The maximum absolute atomic E-state index is 12.6. The third-order valence-corrected chi connectivity index (χ3v) is 5.03. The first-order valence-corrected chi connectivity index (χ1v) is 8.90. The highest BCUT2D eigenvalue weighted by Gasteiger charge is 2.21. The second-order valence-corrected chi connectivity index (χ2v) is 6.70. The van der Waals surface area contributed by atoms with Gasteiger partial charge in [0.1, 0.15) is 10.7 Å². The van der Waals surface area contributed by atoms with Crippen LogP contribution >= 0.6 is 11.3 Å². The van der Waals surface area contributed by atoms with Gasteiger partial charge in [0.2, 0.25) is 0 Å². The van der Waals surface area contributed by atoms with Crippen LogP contribution in [0.15, 0.2) is 29.6 Å². The molecule has 1 aliphatic rings. The van der Waals surface area contributed by atoms with Gasteiger partial charge < -0.3 is 4.90 Å². The molecule has 23 heavy (non-hydrogen) atoms. The van der Waals surface area contributed by atoms with E-state index in [1.165, 1.54) is 24.2 Å². The molecule has 3 rings (SSSR count). The molecule has 1 saturated heterocycles.